The van der Waals surface area contributed by atoms with Crippen molar-refractivity contribution in [2.75, 3.05) is 51.4 Å². The molecule has 1 aromatic carbocycles. The normalized spacial score (nSPS) is 11.4. The van der Waals surface area contributed by atoms with Crippen LogP contribution in [0.15, 0.2) is 34.7 Å². The number of pyridine rings is 1. The Morgan fingerprint density at radius 1 is 1.25 bits per heavy atom. The zero-order valence-electron chi connectivity index (χ0n) is 20.5. The molecule has 0 atom stereocenters. The Balaban J connectivity index is 1.60. The van der Waals surface area contributed by atoms with Gasteiger partial charge in [-0.3, -0.25) is 4.79 Å². The van der Waals surface area contributed by atoms with Crippen molar-refractivity contribution in [2.24, 2.45) is 5.73 Å². The van der Waals surface area contributed by atoms with Crippen molar-refractivity contribution in [3.8, 4) is 17.4 Å². The van der Waals surface area contributed by atoms with Gasteiger partial charge in [-0.15, -0.1) is 11.3 Å². The standard InChI is InChI=1S/C26H30N6O3S/c1-32(2)11-5-6-12-34-13-7-10-30-25-17(15-27)20(19-14-16-8-3-4-9-18(16)35-19)21-22(28)23(24(29)33)36-26(21)31-25/h3-4,8-9,14H,5-7,10-13,28H2,1-2H3,(H2,29,33)(H,30,31). The van der Waals surface area contributed by atoms with Gasteiger partial charge in [-0.05, 0) is 52.0 Å². The lowest BCUT2D eigenvalue weighted by Crippen LogP contribution is -2.13. The number of nitrogens with one attached hydrogen (secondary N) is 1. The highest BCUT2D eigenvalue weighted by molar-refractivity contribution is 7.21. The third-order valence-electron chi connectivity index (χ3n) is 5.79. The number of para-hydroxylation sites is 1. The first-order valence-corrected chi connectivity index (χ1v) is 12.6. The van der Waals surface area contributed by atoms with Crippen LogP contribution in [0.5, 0.6) is 0 Å². The van der Waals surface area contributed by atoms with Crippen molar-refractivity contribution in [1.82, 2.24) is 9.88 Å². The lowest BCUT2D eigenvalue weighted by Gasteiger charge is -2.12. The number of nitriles is 1. The molecular weight excluding hydrogens is 476 g/mol. The second-order valence-corrected chi connectivity index (χ2v) is 9.76. The molecular formula is C26H30N6O3S. The van der Waals surface area contributed by atoms with Crippen LogP contribution >= 0.6 is 11.3 Å². The molecule has 0 bridgehead atoms. The molecule has 0 radical (unpaired) electrons. The molecule has 9 nitrogen and oxygen atoms in total. The highest BCUT2D eigenvalue weighted by atomic mass is 32.1. The minimum Gasteiger partial charge on any atom is -0.456 e. The van der Waals surface area contributed by atoms with E-state index in [0.717, 1.165) is 49.1 Å². The quantitative estimate of drug-likeness (QED) is 0.240. The first kappa shape index (κ1) is 25.4. The largest absolute Gasteiger partial charge is 0.456 e. The molecule has 0 unspecified atom stereocenters. The zero-order chi connectivity index (χ0) is 25.7. The van der Waals surface area contributed by atoms with Crippen LogP contribution in [-0.2, 0) is 4.74 Å². The number of ether oxygens (including phenoxy) is 1. The van der Waals surface area contributed by atoms with E-state index in [-0.39, 0.29) is 10.6 Å². The maximum Gasteiger partial charge on any atom is 0.260 e. The number of anilines is 2. The number of nitrogen functional groups attached to an aromatic ring is 1. The van der Waals surface area contributed by atoms with Crippen molar-refractivity contribution in [2.45, 2.75) is 19.3 Å². The van der Waals surface area contributed by atoms with Gasteiger partial charge in [0.05, 0.1) is 11.3 Å². The van der Waals surface area contributed by atoms with Crippen molar-refractivity contribution in [3.05, 3.63) is 40.8 Å². The number of primary amides is 1. The van der Waals surface area contributed by atoms with Crippen LogP contribution in [0.3, 0.4) is 0 Å². The molecule has 3 heterocycles. The number of hydrogen-bond donors (Lipinski definition) is 3. The van der Waals surface area contributed by atoms with Crippen LogP contribution in [0, 0.1) is 11.3 Å². The summed E-state index contributed by atoms with van der Waals surface area (Å²) in [6.45, 7) is 2.94. The minimum absolute atomic E-state index is 0.205. The van der Waals surface area contributed by atoms with Gasteiger partial charge in [0.15, 0.2) is 0 Å². The number of rotatable bonds is 12. The Bertz CT molecular complexity index is 1390. The Labute approximate surface area is 213 Å². The molecule has 0 aliphatic rings. The number of hydrogen-bond acceptors (Lipinski definition) is 9. The summed E-state index contributed by atoms with van der Waals surface area (Å²) < 4.78 is 11.8. The third kappa shape index (κ3) is 5.44. The highest BCUT2D eigenvalue weighted by Crippen LogP contribution is 2.44. The van der Waals surface area contributed by atoms with E-state index in [2.05, 4.69) is 35.4 Å². The number of thiophene rings is 1. The van der Waals surface area contributed by atoms with Crippen LogP contribution in [0.1, 0.15) is 34.5 Å². The number of fused-ring (bicyclic) bond motifs is 2. The van der Waals surface area contributed by atoms with E-state index in [9.17, 15) is 10.1 Å². The predicted molar refractivity (Wildman–Crippen MR) is 144 cm³/mol. The van der Waals surface area contributed by atoms with Crippen molar-refractivity contribution >= 4 is 49.9 Å². The van der Waals surface area contributed by atoms with E-state index in [4.69, 9.17) is 20.6 Å². The highest BCUT2D eigenvalue weighted by Gasteiger charge is 2.26. The fraction of sp³-hybridized carbons (Fsp3) is 0.346. The summed E-state index contributed by atoms with van der Waals surface area (Å²) in [5.74, 6) is 0.246. The van der Waals surface area contributed by atoms with Gasteiger partial charge in [0.25, 0.3) is 5.91 Å². The van der Waals surface area contributed by atoms with Gasteiger partial charge in [-0.1, -0.05) is 18.2 Å². The second-order valence-electron chi connectivity index (χ2n) is 8.76. The molecule has 188 valence electrons. The van der Waals surface area contributed by atoms with Gasteiger partial charge < -0.3 is 30.8 Å². The van der Waals surface area contributed by atoms with E-state index in [1.807, 2.05) is 30.3 Å². The van der Waals surface area contributed by atoms with E-state index in [1.54, 1.807) is 0 Å². The number of amides is 1. The lowest BCUT2D eigenvalue weighted by molar-refractivity contribution is 0.100. The third-order valence-corrected chi connectivity index (χ3v) is 6.90. The fourth-order valence-electron chi connectivity index (χ4n) is 4.04. The van der Waals surface area contributed by atoms with Gasteiger partial charge in [-0.25, -0.2) is 4.98 Å². The van der Waals surface area contributed by atoms with Crippen molar-refractivity contribution < 1.29 is 13.9 Å². The molecule has 0 spiro atoms. The Morgan fingerprint density at radius 3 is 2.75 bits per heavy atom. The molecule has 0 aliphatic carbocycles. The Hall–Kier alpha value is -3.65. The number of nitrogens with zero attached hydrogens (tertiary/aromatic N) is 3. The maximum absolute atomic E-state index is 12.0. The molecule has 4 rings (SSSR count). The topological polar surface area (TPSA) is 143 Å². The van der Waals surface area contributed by atoms with Crippen molar-refractivity contribution in [3.63, 3.8) is 0 Å². The van der Waals surface area contributed by atoms with Gasteiger partial charge in [0.1, 0.15) is 38.5 Å². The van der Waals surface area contributed by atoms with Gasteiger partial charge in [-0.2, -0.15) is 5.26 Å². The van der Waals surface area contributed by atoms with Gasteiger partial charge in [0, 0.05) is 30.5 Å². The first-order valence-electron chi connectivity index (χ1n) is 11.8. The van der Waals surface area contributed by atoms with E-state index >= 15 is 0 Å². The van der Waals surface area contributed by atoms with Crippen LogP contribution in [0.4, 0.5) is 11.5 Å². The summed E-state index contributed by atoms with van der Waals surface area (Å²) in [6, 6.07) is 11.7. The average molecular weight is 507 g/mol. The monoisotopic (exact) mass is 506 g/mol. The molecule has 0 aliphatic heterocycles. The molecule has 5 N–H and O–H groups in total. The smallest absolute Gasteiger partial charge is 0.260 e. The van der Waals surface area contributed by atoms with Crippen LogP contribution < -0.4 is 16.8 Å². The number of benzene rings is 1. The molecule has 4 aromatic rings. The first-order chi connectivity index (χ1) is 17.4. The minimum atomic E-state index is -0.637. The van der Waals surface area contributed by atoms with Crippen LogP contribution in [0.25, 0.3) is 32.5 Å². The fourth-order valence-corrected chi connectivity index (χ4v) is 5.00. The molecule has 0 saturated carbocycles. The van der Waals surface area contributed by atoms with Crippen LogP contribution in [0.2, 0.25) is 0 Å². The summed E-state index contributed by atoms with van der Waals surface area (Å²) in [5.41, 5.74) is 13.6. The molecule has 10 heteroatoms. The number of furan rings is 1. The molecule has 3 aromatic heterocycles. The van der Waals surface area contributed by atoms with E-state index < -0.39 is 5.91 Å². The van der Waals surface area contributed by atoms with E-state index in [0.29, 0.717) is 51.7 Å². The van der Waals surface area contributed by atoms with Crippen molar-refractivity contribution in [1.29, 1.82) is 5.26 Å². The van der Waals surface area contributed by atoms with Gasteiger partial charge >= 0.3 is 0 Å². The molecule has 1 amide bonds. The number of unbranched alkanes of at least 4 members (excludes halogenated alkanes) is 1. The zero-order valence-corrected chi connectivity index (χ0v) is 21.3. The van der Waals surface area contributed by atoms with Crippen LogP contribution in [-0.4, -0.2) is 56.2 Å². The summed E-state index contributed by atoms with van der Waals surface area (Å²) >= 11 is 1.11. The Kier molecular flexibility index (Phi) is 8.05. The number of carbonyl (C=O) groups excluding carboxylic acids is 1. The number of aromatic nitrogens is 1. The number of carbonyl (C=O) groups is 1. The number of nitrogens with two attached hydrogens (primary N) is 2. The summed E-state index contributed by atoms with van der Waals surface area (Å²) in [6.07, 6.45) is 2.87. The second kappa shape index (κ2) is 11.4. The summed E-state index contributed by atoms with van der Waals surface area (Å²) in [4.78, 5) is 19.5. The van der Waals surface area contributed by atoms with Gasteiger partial charge in [0.2, 0.25) is 0 Å². The lowest BCUT2D eigenvalue weighted by atomic mass is 10.0. The average Bonchev–Trinajstić information content (AvgIpc) is 3.43. The molecule has 0 fully saturated rings. The van der Waals surface area contributed by atoms with E-state index in [1.165, 1.54) is 0 Å². The summed E-state index contributed by atoms with van der Waals surface area (Å²) in [5, 5.41) is 14.8. The maximum atomic E-state index is 12.0. The summed E-state index contributed by atoms with van der Waals surface area (Å²) in [7, 11) is 4.12. The predicted octanol–water partition coefficient (Wildman–Crippen LogP) is 4.42. The SMILES string of the molecule is CN(C)CCCCOCCCNc1nc2sc(C(N)=O)c(N)c2c(-c2cc3ccccc3o2)c1C#N. The Morgan fingerprint density at radius 2 is 2.03 bits per heavy atom. The molecule has 36 heavy (non-hydrogen) atoms. The molecule has 0 saturated heterocycles.